The molecule has 0 amide bonds. The lowest BCUT2D eigenvalue weighted by Crippen LogP contribution is -2.31. The maximum atomic E-state index is 2.52. The van der Waals surface area contributed by atoms with Crippen LogP contribution in [0.3, 0.4) is 0 Å². The second kappa shape index (κ2) is 4.73. The van der Waals surface area contributed by atoms with Gasteiger partial charge in [0.25, 0.3) is 0 Å². The van der Waals surface area contributed by atoms with Crippen molar-refractivity contribution in [3.05, 3.63) is 65.2 Å². The molecule has 0 bridgehead atoms. The Morgan fingerprint density at radius 1 is 0.947 bits per heavy atom. The van der Waals surface area contributed by atoms with Gasteiger partial charge in [0.15, 0.2) is 0 Å². The summed E-state index contributed by atoms with van der Waals surface area (Å²) in [6.07, 6.45) is 0. The molecule has 0 fully saturated rings. The summed E-state index contributed by atoms with van der Waals surface area (Å²) >= 11 is 0. The number of benzene rings is 2. The van der Waals surface area contributed by atoms with Crippen molar-refractivity contribution >= 4 is 5.69 Å². The van der Waals surface area contributed by atoms with Crippen molar-refractivity contribution in [3.8, 4) is 0 Å². The van der Waals surface area contributed by atoms with E-state index in [1.54, 1.807) is 0 Å². The van der Waals surface area contributed by atoms with Crippen LogP contribution in [0.25, 0.3) is 0 Å². The number of hydrogen-bond acceptors (Lipinski definition) is 1. The molecule has 1 aliphatic heterocycles. The van der Waals surface area contributed by atoms with E-state index in [-0.39, 0.29) is 0 Å². The number of aryl methyl sites for hydroxylation is 1. The number of para-hydroxylation sites is 1. The molecule has 3 rings (SSSR count). The van der Waals surface area contributed by atoms with Crippen LogP contribution in [0.15, 0.2) is 48.5 Å². The fourth-order valence-electron chi connectivity index (χ4n) is 3.49. The molecule has 0 spiro atoms. The average molecular weight is 251 g/mol. The van der Waals surface area contributed by atoms with Crippen LogP contribution in [-0.2, 0) is 0 Å². The second-order valence-electron chi connectivity index (χ2n) is 5.42. The van der Waals surface area contributed by atoms with Crippen LogP contribution in [0.2, 0.25) is 0 Å². The van der Waals surface area contributed by atoms with Crippen molar-refractivity contribution in [3.63, 3.8) is 0 Å². The summed E-state index contributed by atoms with van der Waals surface area (Å²) in [6, 6.07) is 18.2. The quantitative estimate of drug-likeness (QED) is 0.766. The summed E-state index contributed by atoms with van der Waals surface area (Å²) in [7, 11) is 0. The van der Waals surface area contributed by atoms with Crippen LogP contribution in [0, 0.1) is 6.92 Å². The van der Waals surface area contributed by atoms with Gasteiger partial charge in [-0.15, -0.1) is 0 Å². The van der Waals surface area contributed by atoms with Gasteiger partial charge in [-0.3, -0.25) is 0 Å². The van der Waals surface area contributed by atoms with Crippen molar-refractivity contribution in [1.82, 2.24) is 0 Å². The van der Waals surface area contributed by atoms with Crippen molar-refractivity contribution < 1.29 is 0 Å². The van der Waals surface area contributed by atoms with E-state index in [4.69, 9.17) is 0 Å². The highest BCUT2D eigenvalue weighted by Crippen LogP contribution is 2.44. The molecule has 1 heterocycles. The van der Waals surface area contributed by atoms with Gasteiger partial charge in [-0.1, -0.05) is 42.5 Å². The van der Waals surface area contributed by atoms with Gasteiger partial charge in [0.2, 0.25) is 0 Å². The van der Waals surface area contributed by atoms with Gasteiger partial charge in [0, 0.05) is 24.2 Å². The lowest BCUT2D eigenvalue weighted by molar-refractivity contribution is 0.625. The molecule has 0 aromatic heterocycles. The highest BCUT2D eigenvalue weighted by molar-refractivity contribution is 5.64. The monoisotopic (exact) mass is 251 g/mol. The Kier molecular flexibility index (Phi) is 3.06. The van der Waals surface area contributed by atoms with Crippen LogP contribution >= 0.6 is 0 Å². The van der Waals surface area contributed by atoms with E-state index in [0.717, 1.165) is 6.54 Å². The van der Waals surface area contributed by atoms with Gasteiger partial charge in [0.1, 0.15) is 0 Å². The summed E-state index contributed by atoms with van der Waals surface area (Å²) in [5.41, 5.74) is 5.75. The van der Waals surface area contributed by atoms with Crippen LogP contribution in [-0.4, -0.2) is 12.6 Å². The first-order valence-corrected chi connectivity index (χ1v) is 7.15. The van der Waals surface area contributed by atoms with E-state index in [9.17, 15) is 0 Å². The first-order chi connectivity index (χ1) is 9.24. The third-order valence-corrected chi connectivity index (χ3v) is 4.42. The van der Waals surface area contributed by atoms with Gasteiger partial charge in [-0.2, -0.15) is 0 Å². The fraction of sp³-hybridized carbons (Fsp3) is 0.333. The number of likely N-dealkylation sites (N-methyl/N-ethyl adjacent to an activating group) is 1. The van der Waals surface area contributed by atoms with Gasteiger partial charge >= 0.3 is 0 Å². The average Bonchev–Trinajstić information content (AvgIpc) is 2.71. The predicted molar refractivity (Wildman–Crippen MR) is 81.9 cm³/mol. The van der Waals surface area contributed by atoms with Crippen LogP contribution in [0.5, 0.6) is 0 Å². The van der Waals surface area contributed by atoms with E-state index < -0.39 is 0 Å². The lowest BCUT2D eigenvalue weighted by atomic mass is 9.86. The highest BCUT2D eigenvalue weighted by atomic mass is 15.2. The lowest BCUT2D eigenvalue weighted by Gasteiger charge is -2.26. The first kappa shape index (κ1) is 12.3. The molecule has 2 aromatic rings. The standard InChI is InChI=1S/C18H21N/c1-4-19-14(3)18(15-10-6-5-9-13(15)2)16-11-7-8-12-17(16)19/h5-12,14,18H,4H2,1-3H3. The van der Waals surface area contributed by atoms with Gasteiger partial charge in [-0.05, 0) is 43.5 Å². The van der Waals surface area contributed by atoms with Crippen LogP contribution in [0.4, 0.5) is 5.69 Å². The van der Waals surface area contributed by atoms with E-state index in [0.29, 0.717) is 12.0 Å². The first-order valence-electron chi connectivity index (χ1n) is 7.15. The largest absolute Gasteiger partial charge is 0.368 e. The molecule has 0 saturated carbocycles. The highest BCUT2D eigenvalue weighted by Gasteiger charge is 2.35. The van der Waals surface area contributed by atoms with Crippen molar-refractivity contribution in [2.45, 2.75) is 32.7 Å². The summed E-state index contributed by atoms with van der Waals surface area (Å²) < 4.78 is 0. The minimum Gasteiger partial charge on any atom is -0.368 e. The number of anilines is 1. The van der Waals surface area contributed by atoms with E-state index in [1.807, 2.05) is 0 Å². The Bertz CT molecular complexity index is 588. The molecule has 1 heteroatoms. The van der Waals surface area contributed by atoms with Crippen molar-refractivity contribution in [2.24, 2.45) is 0 Å². The Labute approximate surface area is 115 Å². The minimum absolute atomic E-state index is 0.498. The maximum absolute atomic E-state index is 2.52. The molecule has 0 aliphatic carbocycles. The Balaban J connectivity index is 2.15. The molecule has 0 N–H and O–H groups in total. The Morgan fingerprint density at radius 3 is 2.26 bits per heavy atom. The van der Waals surface area contributed by atoms with E-state index in [2.05, 4.69) is 74.2 Å². The Morgan fingerprint density at radius 2 is 1.58 bits per heavy atom. The zero-order valence-corrected chi connectivity index (χ0v) is 11.9. The molecule has 2 atom stereocenters. The summed E-state index contributed by atoms with van der Waals surface area (Å²) in [5.74, 6) is 0.498. The van der Waals surface area contributed by atoms with Gasteiger partial charge < -0.3 is 4.90 Å². The number of rotatable bonds is 2. The zero-order chi connectivity index (χ0) is 13.4. The van der Waals surface area contributed by atoms with Gasteiger partial charge in [-0.25, -0.2) is 0 Å². The van der Waals surface area contributed by atoms with Crippen LogP contribution in [0.1, 0.15) is 36.5 Å². The number of hydrogen-bond donors (Lipinski definition) is 0. The normalized spacial score (nSPS) is 21.5. The minimum atomic E-state index is 0.498. The summed E-state index contributed by atoms with van der Waals surface area (Å²) in [5, 5.41) is 0. The molecule has 2 unspecified atom stereocenters. The molecule has 0 radical (unpaired) electrons. The van der Waals surface area contributed by atoms with E-state index >= 15 is 0 Å². The molecule has 0 saturated heterocycles. The van der Waals surface area contributed by atoms with Crippen LogP contribution < -0.4 is 4.90 Å². The van der Waals surface area contributed by atoms with Crippen molar-refractivity contribution in [1.29, 1.82) is 0 Å². The predicted octanol–water partition coefficient (Wildman–Crippen LogP) is 4.36. The third-order valence-electron chi connectivity index (χ3n) is 4.42. The molecular formula is C18H21N. The van der Waals surface area contributed by atoms with Gasteiger partial charge in [0.05, 0.1) is 0 Å². The topological polar surface area (TPSA) is 3.24 Å². The smallest absolute Gasteiger partial charge is 0.0408 e. The molecule has 1 nitrogen and oxygen atoms in total. The zero-order valence-electron chi connectivity index (χ0n) is 11.9. The molecule has 2 aromatic carbocycles. The molecule has 98 valence electrons. The SMILES string of the molecule is CCN1c2ccccc2C(c2ccccc2C)C1C. The third kappa shape index (κ3) is 1.85. The second-order valence-corrected chi connectivity index (χ2v) is 5.42. The molecule has 19 heavy (non-hydrogen) atoms. The molecular weight excluding hydrogens is 230 g/mol. The molecule has 1 aliphatic rings. The maximum Gasteiger partial charge on any atom is 0.0408 e. The summed E-state index contributed by atoms with van der Waals surface area (Å²) in [6.45, 7) is 7.88. The number of nitrogens with zero attached hydrogens (tertiary/aromatic N) is 1. The van der Waals surface area contributed by atoms with Crippen molar-refractivity contribution in [2.75, 3.05) is 11.4 Å². The fourth-order valence-corrected chi connectivity index (χ4v) is 3.49. The van der Waals surface area contributed by atoms with E-state index in [1.165, 1.54) is 22.4 Å². The Hall–Kier alpha value is -1.76. The summed E-state index contributed by atoms with van der Waals surface area (Å²) in [4.78, 5) is 2.52. The number of fused-ring (bicyclic) bond motifs is 1.